The van der Waals surface area contributed by atoms with E-state index in [4.69, 9.17) is 9.84 Å². The SMILES string of the molecule is O=C(O)CCOc1ccc(F)cc1. The fourth-order valence-electron chi connectivity index (χ4n) is 0.787. The van der Waals surface area contributed by atoms with Gasteiger partial charge >= 0.3 is 5.97 Å². The molecule has 0 aromatic heterocycles. The van der Waals surface area contributed by atoms with Crippen molar-refractivity contribution < 1.29 is 19.0 Å². The molecule has 0 aliphatic rings. The standard InChI is InChI=1S/C9H9FO3/c10-7-1-3-8(4-2-7)13-6-5-9(11)12/h1-4H,5-6H2,(H,11,12). The molecule has 0 spiro atoms. The molecular weight excluding hydrogens is 175 g/mol. The molecule has 4 heteroatoms. The fourth-order valence-corrected chi connectivity index (χ4v) is 0.787. The van der Waals surface area contributed by atoms with E-state index < -0.39 is 5.97 Å². The Labute approximate surface area is 74.8 Å². The topological polar surface area (TPSA) is 46.5 Å². The summed E-state index contributed by atoms with van der Waals surface area (Å²) in [6.45, 7) is 0.0982. The number of carboxylic acid groups (broad SMARTS) is 1. The molecule has 13 heavy (non-hydrogen) atoms. The van der Waals surface area contributed by atoms with Crippen LogP contribution in [0, 0.1) is 5.82 Å². The summed E-state index contributed by atoms with van der Waals surface area (Å²) in [5.74, 6) is -0.782. The lowest BCUT2D eigenvalue weighted by Gasteiger charge is -2.02. The van der Waals surface area contributed by atoms with Crippen LogP contribution in [-0.4, -0.2) is 17.7 Å². The van der Waals surface area contributed by atoms with E-state index in [-0.39, 0.29) is 18.8 Å². The number of carboxylic acids is 1. The zero-order valence-corrected chi connectivity index (χ0v) is 6.87. The third kappa shape index (κ3) is 3.55. The molecule has 0 saturated carbocycles. The van der Waals surface area contributed by atoms with Gasteiger partial charge in [-0.05, 0) is 24.3 Å². The Morgan fingerprint density at radius 1 is 1.38 bits per heavy atom. The van der Waals surface area contributed by atoms with E-state index in [2.05, 4.69) is 0 Å². The zero-order valence-electron chi connectivity index (χ0n) is 6.87. The lowest BCUT2D eigenvalue weighted by molar-refractivity contribution is -0.137. The average Bonchev–Trinajstić information content (AvgIpc) is 2.08. The maximum absolute atomic E-state index is 12.4. The molecule has 0 atom stereocenters. The van der Waals surface area contributed by atoms with Crippen molar-refractivity contribution in [3.63, 3.8) is 0 Å². The van der Waals surface area contributed by atoms with Gasteiger partial charge in [0.1, 0.15) is 11.6 Å². The first kappa shape index (κ1) is 9.51. The quantitative estimate of drug-likeness (QED) is 0.774. The number of halogens is 1. The van der Waals surface area contributed by atoms with Gasteiger partial charge in [-0.3, -0.25) is 4.79 Å². The molecule has 0 aliphatic carbocycles. The van der Waals surface area contributed by atoms with E-state index in [0.717, 1.165) is 0 Å². The first-order chi connectivity index (χ1) is 6.18. The van der Waals surface area contributed by atoms with Gasteiger partial charge in [0.25, 0.3) is 0 Å². The normalized spacial score (nSPS) is 9.62. The number of benzene rings is 1. The molecule has 70 valence electrons. The van der Waals surface area contributed by atoms with E-state index in [1.165, 1.54) is 24.3 Å². The Morgan fingerprint density at radius 3 is 2.54 bits per heavy atom. The van der Waals surface area contributed by atoms with E-state index in [1.54, 1.807) is 0 Å². The molecule has 0 heterocycles. The summed E-state index contributed by atoms with van der Waals surface area (Å²) in [5.41, 5.74) is 0. The Hall–Kier alpha value is -1.58. The minimum absolute atomic E-state index is 0.0582. The molecule has 1 aromatic carbocycles. The molecule has 1 N–H and O–H groups in total. The highest BCUT2D eigenvalue weighted by atomic mass is 19.1. The van der Waals surface area contributed by atoms with Crippen molar-refractivity contribution >= 4 is 5.97 Å². The Kier molecular flexibility index (Phi) is 3.25. The van der Waals surface area contributed by atoms with Gasteiger partial charge in [-0.1, -0.05) is 0 Å². The summed E-state index contributed by atoms with van der Waals surface area (Å²) in [5, 5.41) is 8.30. The van der Waals surface area contributed by atoms with Crippen LogP contribution in [0.15, 0.2) is 24.3 Å². The highest BCUT2D eigenvalue weighted by Crippen LogP contribution is 2.10. The van der Waals surface area contributed by atoms with Crippen LogP contribution in [-0.2, 0) is 4.79 Å². The van der Waals surface area contributed by atoms with Crippen LogP contribution in [0.3, 0.4) is 0 Å². The number of aliphatic carboxylic acids is 1. The molecule has 0 radical (unpaired) electrons. The molecule has 0 unspecified atom stereocenters. The molecule has 0 amide bonds. The third-order valence-corrected chi connectivity index (χ3v) is 1.40. The molecule has 0 fully saturated rings. The van der Waals surface area contributed by atoms with Crippen LogP contribution in [0.5, 0.6) is 5.75 Å². The summed E-state index contributed by atoms with van der Waals surface area (Å²) in [6.07, 6.45) is -0.0582. The second kappa shape index (κ2) is 4.45. The van der Waals surface area contributed by atoms with Gasteiger partial charge in [0.05, 0.1) is 13.0 Å². The van der Waals surface area contributed by atoms with Crippen LogP contribution in [0.2, 0.25) is 0 Å². The Morgan fingerprint density at radius 2 is 2.00 bits per heavy atom. The Bertz CT molecular complexity index is 281. The highest BCUT2D eigenvalue weighted by molar-refractivity contribution is 5.66. The minimum atomic E-state index is -0.915. The number of ether oxygens (including phenoxy) is 1. The van der Waals surface area contributed by atoms with E-state index in [1.807, 2.05) is 0 Å². The number of hydrogen-bond donors (Lipinski definition) is 1. The lowest BCUT2D eigenvalue weighted by Crippen LogP contribution is -2.04. The Balaban J connectivity index is 2.37. The van der Waals surface area contributed by atoms with E-state index >= 15 is 0 Å². The van der Waals surface area contributed by atoms with Crippen LogP contribution in [0.1, 0.15) is 6.42 Å². The largest absolute Gasteiger partial charge is 0.493 e. The predicted octanol–water partition coefficient (Wildman–Crippen LogP) is 1.68. The lowest BCUT2D eigenvalue weighted by atomic mass is 10.3. The molecular formula is C9H9FO3. The van der Waals surface area contributed by atoms with Crippen molar-refractivity contribution in [3.8, 4) is 5.75 Å². The zero-order chi connectivity index (χ0) is 9.68. The molecule has 3 nitrogen and oxygen atoms in total. The second-order valence-electron chi connectivity index (χ2n) is 2.45. The van der Waals surface area contributed by atoms with Gasteiger partial charge in [0.2, 0.25) is 0 Å². The molecule has 1 rings (SSSR count). The van der Waals surface area contributed by atoms with Crippen molar-refractivity contribution in [2.24, 2.45) is 0 Å². The first-order valence-electron chi connectivity index (χ1n) is 3.78. The van der Waals surface area contributed by atoms with Gasteiger partial charge in [-0.2, -0.15) is 0 Å². The number of rotatable bonds is 4. The van der Waals surface area contributed by atoms with Crippen LogP contribution >= 0.6 is 0 Å². The van der Waals surface area contributed by atoms with Crippen molar-refractivity contribution in [1.82, 2.24) is 0 Å². The summed E-state index contributed by atoms with van der Waals surface area (Å²) in [6, 6.07) is 5.43. The van der Waals surface area contributed by atoms with Crippen molar-refractivity contribution in [1.29, 1.82) is 0 Å². The maximum atomic E-state index is 12.4. The molecule has 0 aliphatic heterocycles. The predicted molar refractivity (Wildman–Crippen MR) is 44.1 cm³/mol. The van der Waals surface area contributed by atoms with Crippen molar-refractivity contribution in [2.75, 3.05) is 6.61 Å². The average molecular weight is 184 g/mol. The van der Waals surface area contributed by atoms with Crippen molar-refractivity contribution in [3.05, 3.63) is 30.1 Å². The van der Waals surface area contributed by atoms with E-state index in [0.29, 0.717) is 5.75 Å². The summed E-state index contributed by atoms with van der Waals surface area (Å²) in [7, 11) is 0. The van der Waals surface area contributed by atoms with Gasteiger partial charge in [-0.15, -0.1) is 0 Å². The van der Waals surface area contributed by atoms with Gasteiger partial charge < -0.3 is 9.84 Å². The van der Waals surface area contributed by atoms with Gasteiger partial charge in [-0.25, -0.2) is 4.39 Å². The second-order valence-corrected chi connectivity index (χ2v) is 2.45. The van der Waals surface area contributed by atoms with Crippen molar-refractivity contribution in [2.45, 2.75) is 6.42 Å². The third-order valence-electron chi connectivity index (χ3n) is 1.40. The van der Waals surface area contributed by atoms with Crippen LogP contribution < -0.4 is 4.74 Å². The number of carbonyl (C=O) groups is 1. The fraction of sp³-hybridized carbons (Fsp3) is 0.222. The van der Waals surface area contributed by atoms with E-state index in [9.17, 15) is 9.18 Å². The summed E-state index contributed by atoms with van der Waals surface area (Å²) >= 11 is 0. The molecule has 0 saturated heterocycles. The first-order valence-corrected chi connectivity index (χ1v) is 3.78. The molecule has 0 bridgehead atoms. The van der Waals surface area contributed by atoms with Crippen LogP contribution in [0.4, 0.5) is 4.39 Å². The maximum Gasteiger partial charge on any atom is 0.306 e. The smallest absolute Gasteiger partial charge is 0.306 e. The minimum Gasteiger partial charge on any atom is -0.493 e. The number of hydrogen-bond acceptors (Lipinski definition) is 2. The van der Waals surface area contributed by atoms with Gasteiger partial charge in [0.15, 0.2) is 0 Å². The molecule has 1 aromatic rings. The summed E-state index contributed by atoms with van der Waals surface area (Å²) < 4.78 is 17.4. The highest BCUT2D eigenvalue weighted by Gasteiger charge is 1.98. The monoisotopic (exact) mass is 184 g/mol. The van der Waals surface area contributed by atoms with Crippen LogP contribution in [0.25, 0.3) is 0 Å². The van der Waals surface area contributed by atoms with Gasteiger partial charge in [0, 0.05) is 0 Å². The summed E-state index contributed by atoms with van der Waals surface area (Å²) in [4.78, 5) is 10.1.